The van der Waals surface area contributed by atoms with Gasteiger partial charge in [-0.1, -0.05) is 18.2 Å². The van der Waals surface area contributed by atoms with E-state index in [0.29, 0.717) is 22.0 Å². The summed E-state index contributed by atoms with van der Waals surface area (Å²) >= 11 is 0. The molecule has 1 unspecified atom stereocenters. The van der Waals surface area contributed by atoms with E-state index in [0.717, 1.165) is 4.90 Å². The van der Waals surface area contributed by atoms with Crippen LogP contribution in [0.1, 0.15) is 80.2 Å². The van der Waals surface area contributed by atoms with Crippen molar-refractivity contribution in [2.45, 2.75) is 12.3 Å². The molecule has 3 aromatic carbocycles. The molecule has 0 spiro atoms. The lowest BCUT2D eigenvalue weighted by molar-refractivity contribution is 0.0481. The molecule has 2 aliphatic rings. The molecule has 1 aliphatic heterocycles. The minimum atomic E-state index is -1.14. The molecular weight excluding hydrogens is 540 g/mol. The molecule has 2 amide bonds. The number of nitrogens with zero attached hydrogens (tertiary/aromatic N) is 2. The van der Waals surface area contributed by atoms with Crippen molar-refractivity contribution < 1.29 is 38.2 Å². The molecule has 0 N–H and O–H groups in total. The first-order valence-corrected chi connectivity index (χ1v) is 13.1. The third-order valence-electron chi connectivity index (χ3n) is 7.38. The number of ether oxygens (including phenoxy) is 2. The smallest absolute Gasteiger partial charge is 0.338 e. The van der Waals surface area contributed by atoms with Crippen molar-refractivity contribution in [1.29, 1.82) is 0 Å². The zero-order valence-electron chi connectivity index (χ0n) is 22.3. The number of carbonyl (C=O) groups excluding carboxylic acids is 6. The van der Waals surface area contributed by atoms with Crippen molar-refractivity contribution in [3.8, 4) is 0 Å². The van der Waals surface area contributed by atoms with Crippen LogP contribution < -0.4 is 0 Å². The molecule has 10 heteroatoms. The number of pyridine rings is 1. The molecule has 0 bridgehead atoms. The largest absolute Gasteiger partial charge is 0.465 e. The van der Waals surface area contributed by atoms with Crippen molar-refractivity contribution >= 4 is 46.2 Å². The van der Waals surface area contributed by atoms with Gasteiger partial charge in [-0.2, -0.15) is 0 Å². The van der Waals surface area contributed by atoms with E-state index in [2.05, 4.69) is 4.98 Å². The van der Waals surface area contributed by atoms with Gasteiger partial charge in [0.15, 0.2) is 11.6 Å². The summed E-state index contributed by atoms with van der Waals surface area (Å²) in [6, 6.07) is 18.8. The Morgan fingerprint density at radius 1 is 0.762 bits per heavy atom. The average molecular weight is 563 g/mol. The quantitative estimate of drug-likeness (QED) is 0.141. The maximum atomic E-state index is 13.1. The summed E-state index contributed by atoms with van der Waals surface area (Å²) in [6.45, 7) is 0.127. The van der Waals surface area contributed by atoms with Gasteiger partial charge in [0.2, 0.25) is 0 Å². The van der Waals surface area contributed by atoms with Crippen LogP contribution in [-0.2, 0) is 9.47 Å². The zero-order chi connectivity index (χ0) is 29.5. The molecule has 0 fully saturated rings. The molecule has 0 radical (unpaired) electrons. The number of esters is 2. The molecule has 0 saturated heterocycles. The lowest BCUT2D eigenvalue weighted by Gasteiger charge is -2.13. The Morgan fingerprint density at radius 2 is 1.43 bits per heavy atom. The van der Waals surface area contributed by atoms with E-state index in [1.807, 2.05) is 0 Å². The van der Waals surface area contributed by atoms with Gasteiger partial charge >= 0.3 is 11.9 Å². The average Bonchev–Trinajstić information content (AvgIpc) is 3.41. The predicted molar refractivity (Wildman–Crippen MR) is 148 cm³/mol. The van der Waals surface area contributed by atoms with Crippen molar-refractivity contribution in [3.63, 3.8) is 0 Å². The molecule has 10 nitrogen and oxygen atoms in total. The molecule has 6 rings (SSSR count). The zero-order valence-corrected chi connectivity index (χ0v) is 22.3. The minimum absolute atomic E-state index is 0.00557. The summed E-state index contributed by atoms with van der Waals surface area (Å²) in [5.41, 5.74) is 2.29. The van der Waals surface area contributed by atoms with Crippen LogP contribution in [0.15, 0.2) is 72.8 Å². The van der Waals surface area contributed by atoms with Gasteiger partial charge in [-0.05, 0) is 61.0 Å². The van der Waals surface area contributed by atoms with E-state index in [1.165, 1.54) is 31.4 Å². The second-order valence-electron chi connectivity index (χ2n) is 9.85. The molecule has 1 atom stereocenters. The van der Waals surface area contributed by atoms with Gasteiger partial charge < -0.3 is 9.47 Å². The third-order valence-corrected chi connectivity index (χ3v) is 7.38. The Morgan fingerprint density at radius 3 is 2.14 bits per heavy atom. The summed E-state index contributed by atoms with van der Waals surface area (Å²) < 4.78 is 10.1. The number of rotatable bonds is 7. The monoisotopic (exact) mass is 562 g/mol. The second-order valence-corrected chi connectivity index (χ2v) is 9.85. The predicted octanol–water partition coefficient (Wildman–Crippen LogP) is 4.03. The van der Waals surface area contributed by atoms with Crippen molar-refractivity contribution in [2.75, 3.05) is 20.3 Å². The Kier molecular flexibility index (Phi) is 6.66. The molecule has 4 aromatic rings. The Labute approximate surface area is 238 Å². The molecule has 42 heavy (non-hydrogen) atoms. The Balaban J connectivity index is 1.11. The van der Waals surface area contributed by atoms with Crippen molar-refractivity contribution in [2.24, 2.45) is 0 Å². The van der Waals surface area contributed by atoms with E-state index in [4.69, 9.17) is 9.47 Å². The van der Waals surface area contributed by atoms with Crippen LogP contribution in [0.4, 0.5) is 0 Å². The van der Waals surface area contributed by atoms with Gasteiger partial charge in [-0.25, -0.2) is 9.59 Å². The van der Waals surface area contributed by atoms with Crippen LogP contribution in [0, 0.1) is 0 Å². The topological polar surface area (TPSA) is 137 Å². The number of amides is 2. The number of benzene rings is 3. The number of carbonyl (C=O) groups is 6. The normalized spacial score (nSPS) is 15.6. The lowest BCUT2D eigenvalue weighted by Crippen LogP contribution is -2.31. The fraction of sp³-hybridized carbons (Fsp3) is 0.156. The highest BCUT2D eigenvalue weighted by Gasteiger charge is 2.41. The van der Waals surface area contributed by atoms with Crippen LogP contribution in [0.2, 0.25) is 0 Å². The maximum absolute atomic E-state index is 13.1. The van der Waals surface area contributed by atoms with Gasteiger partial charge in [-0.3, -0.25) is 29.1 Å². The first-order chi connectivity index (χ1) is 20.3. The highest BCUT2D eigenvalue weighted by Crippen LogP contribution is 2.34. The van der Waals surface area contributed by atoms with Crippen LogP contribution in [0.3, 0.4) is 0 Å². The van der Waals surface area contributed by atoms with E-state index in [1.54, 1.807) is 48.5 Å². The van der Waals surface area contributed by atoms with Crippen LogP contribution in [-0.4, -0.2) is 65.5 Å². The Bertz CT molecular complexity index is 1830. The highest BCUT2D eigenvalue weighted by molar-refractivity contribution is 6.30. The van der Waals surface area contributed by atoms with Gasteiger partial charge in [-0.15, -0.1) is 0 Å². The minimum Gasteiger partial charge on any atom is -0.465 e. The summed E-state index contributed by atoms with van der Waals surface area (Å²) in [4.78, 5) is 81.3. The van der Waals surface area contributed by atoms with Crippen molar-refractivity contribution in [1.82, 2.24) is 9.88 Å². The maximum Gasteiger partial charge on any atom is 0.338 e. The van der Waals surface area contributed by atoms with Gasteiger partial charge in [0.1, 0.15) is 5.92 Å². The third kappa shape index (κ3) is 4.43. The summed E-state index contributed by atoms with van der Waals surface area (Å²) in [6.07, 6.45) is 0.280. The van der Waals surface area contributed by atoms with Crippen LogP contribution in [0.5, 0.6) is 0 Å². The summed E-state index contributed by atoms with van der Waals surface area (Å²) in [7, 11) is 1.23. The number of imide groups is 1. The fourth-order valence-electron chi connectivity index (χ4n) is 5.25. The molecule has 1 aromatic heterocycles. The Hall–Kier alpha value is -5.51. The number of aromatic nitrogens is 1. The standard InChI is InChI=1S/C32H22N2O8/c1-41-31(39)19-7-10-20-23(16-19)28(36)26(27(20)35)25-12-8-17-15-18(9-11-24(17)33-25)32(40)42-14-4-13-34-29(37)21-5-2-3-6-22(21)30(34)38/h2-3,5-12,15-16,26H,4,13-14H2,1H3. The number of ketones is 2. The highest BCUT2D eigenvalue weighted by atomic mass is 16.5. The first-order valence-electron chi connectivity index (χ1n) is 13.1. The van der Waals surface area contributed by atoms with Crippen LogP contribution in [0.25, 0.3) is 10.9 Å². The number of hydrogen-bond acceptors (Lipinski definition) is 9. The molecule has 1 aliphatic carbocycles. The molecular formula is C32H22N2O8. The number of Topliss-reactive ketones (excluding diaryl/α,β-unsaturated/α-hetero) is 2. The summed E-state index contributed by atoms with van der Waals surface area (Å²) in [5.74, 6) is -3.90. The fourth-order valence-corrected chi connectivity index (χ4v) is 5.25. The number of fused-ring (bicyclic) bond motifs is 3. The SMILES string of the molecule is COC(=O)c1ccc2c(c1)C(=O)C(c1ccc3cc(C(=O)OCCCN4C(=O)c5ccccc5C4=O)ccc3n1)C2=O. The van der Waals surface area contributed by atoms with E-state index in [-0.39, 0.29) is 59.3 Å². The van der Waals surface area contributed by atoms with E-state index < -0.39 is 29.4 Å². The summed E-state index contributed by atoms with van der Waals surface area (Å²) in [5, 5.41) is 0.600. The van der Waals surface area contributed by atoms with Crippen LogP contribution >= 0.6 is 0 Å². The van der Waals surface area contributed by atoms with Gasteiger partial charge in [0, 0.05) is 23.1 Å². The van der Waals surface area contributed by atoms with Gasteiger partial charge in [0.25, 0.3) is 11.8 Å². The second kappa shape index (κ2) is 10.5. The number of hydrogen-bond donors (Lipinski definition) is 0. The van der Waals surface area contributed by atoms with E-state index in [9.17, 15) is 28.8 Å². The lowest BCUT2D eigenvalue weighted by atomic mass is 9.98. The number of methoxy groups -OCH3 is 1. The van der Waals surface area contributed by atoms with E-state index >= 15 is 0 Å². The first kappa shape index (κ1) is 26.7. The molecule has 0 saturated carbocycles. The van der Waals surface area contributed by atoms with Gasteiger partial charge in [0.05, 0.1) is 47.2 Å². The van der Waals surface area contributed by atoms with Crippen molar-refractivity contribution in [3.05, 3.63) is 112 Å². The molecule has 2 heterocycles. The molecule has 208 valence electrons.